The van der Waals surface area contributed by atoms with Gasteiger partial charge in [-0.25, -0.2) is 14.1 Å². The van der Waals surface area contributed by atoms with Crippen molar-refractivity contribution < 1.29 is 37.8 Å². The normalized spacial score (nSPS) is 27.4. The van der Waals surface area contributed by atoms with Gasteiger partial charge in [-0.05, 0) is 30.4 Å². The van der Waals surface area contributed by atoms with Gasteiger partial charge in [0.25, 0.3) is 0 Å². The molecule has 2 heterocycles. The molecule has 4 atom stereocenters. The van der Waals surface area contributed by atoms with E-state index in [4.69, 9.17) is 25.9 Å². The number of aromatic nitrogens is 4. The zero-order valence-electron chi connectivity index (χ0n) is 16.3. The van der Waals surface area contributed by atoms with Crippen molar-refractivity contribution in [2.75, 3.05) is 19.0 Å². The van der Waals surface area contributed by atoms with Gasteiger partial charge in [0, 0.05) is 18.5 Å². The minimum absolute atomic E-state index is 0. The highest BCUT2D eigenvalue weighted by molar-refractivity contribution is 7.46. The van der Waals surface area contributed by atoms with Crippen LogP contribution in [0.1, 0.15) is 18.9 Å². The minimum atomic E-state index is -4.84. The van der Waals surface area contributed by atoms with Crippen molar-refractivity contribution in [3.8, 4) is 0 Å². The Hall–Kier alpha value is -1.22. The number of halogens is 1. The molecular weight excluding hydrogens is 480 g/mol. The lowest BCUT2D eigenvalue weighted by Gasteiger charge is -2.24. The van der Waals surface area contributed by atoms with E-state index in [-0.39, 0.29) is 36.0 Å². The molecule has 0 aromatic carbocycles. The van der Waals surface area contributed by atoms with Gasteiger partial charge in [0.15, 0.2) is 17.0 Å². The van der Waals surface area contributed by atoms with E-state index in [1.54, 1.807) is 11.6 Å². The largest absolute Gasteiger partial charge is 0.469 e. The SMILES string of the molecule is CNc1nc(Cl)nc2c1ncn2[C@H]1C[C@H](OP(=O)(O)O)[C@]2(COP(=O)(O)O)C[C@H]12.N.N. The average molecular weight is 504 g/mol. The molecule has 0 saturated heterocycles. The van der Waals surface area contributed by atoms with Gasteiger partial charge >= 0.3 is 15.6 Å². The lowest BCUT2D eigenvalue weighted by molar-refractivity contribution is 0.0499. The first-order valence-electron chi connectivity index (χ1n) is 8.45. The van der Waals surface area contributed by atoms with Crippen LogP contribution >= 0.6 is 27.2 Å². The van der Waals surface area contributed by atoms with E-state index >= 15 is 0 Å². The highest BCUT2D eigenvalue weighted by atomic mass is 35.5. The van der Waals surface area contributed by atoms with Gasteiger partial charge < -0.3 is 41.8 Å². The summed E-state index contributed by atoms with van der Waals surface area (Å²) in [4.78, 5) is 49.2. The van der Waals surface area contributed by atoms with Crippen molar-refractivity contribution in [2.45, 2.75) is 25.0 Å². The molecule has 18 heteroatoms. The second kappa shape index (κ2) is 8.61. The summed E-state index contributed by atoms with van der Waals surface area (Å²) >= 11 is 5.99. The lowest BCUT2D eigenvalue weighted by atomic mass is 10.0. The molecule has 31 heavy (non-hydrogen) atoms. The highest BCUT2D eigenvalue weighted by Gasteiger charge is 2.70. The third-order valence-electron chi connectivity index (χ3n) is 5.49. The number of rotatable bonds is 7. The molecule has 0 spiro atoms. The summed E-state index contributed by atoms with van der Waals surface area (Å²) in [5.74, 6) is 0.210. The van der Waals surface area contributed by atoms with Crippen molar-refractivity contribution in [3.63, 3.8) is 0 Å². The summed E-state index contributed by atoms with van der Waals surface area (Å²) in [6.45, 7) is -0.396. The van der Waals surface area contributed by atoms with Gasteiger partial charge in [-0.15, -0.1) is 0 Å². The van der Waals surface area contributed by atoms with E-state index in [0.717, 1.165) is 0 Å². The summed E-state index contributed by atoms with van der Waals surface area (Å²) in [5, 5.41) is 2.87. The number of nitrogens with zero attached hydrogens (tertiary/aromatic N) is 4. The maximum atomic E-state index is 11.4. The Bertz CT molecular complexity index is 1060. The first-order valence-corrected chi connectivity index (χ1v) is 11.9. The van der Waals surface area contributed by atoms with Crippen LogP contribution < -0.4 is 17.6 Å². The minimum Gasteiger partial charge on any atom is -0.371 e. The Labute approximate surface area is 181 Å². The standard InChI is InChI=1S/C13H18ClN5O8P2.2H3N/c1-15-10-9-11(18-12(14)17-10)19(5-16-9)7-2-8(27-29(23,24)25)13(3-6(7)13)4-26-28(20,21)22;;/h5-8H,2-4H2,1H3,(H,15,17,18)(H2,20,21,22)(H2,23,24,25);2*1H3/t6-,7+,8+,13+;;/m1../s1. The quantitative estimate of drug-likeness (QED) is 0.208. The summed E-state index contributed by atoms with van der Waals surface area (Å²) in [7, 11) is -7.94. The van der Waals surface area contributed by atoms with E-state index in [0.29, 0.717) is 23.4 Å². The van der Waals surface area contributed by atoms with E-state index in [1.807, 2.05) is 0 Å². The third-order valence-corrected chi connectivity index (χ3v) is 6.66. The number of anilines is 1. The Kier molecular flexibility index (Phi) is 7.23. The Morgan fingerprint density at radius 2 is 1.94 bits per heavy atom. The molecule has 0 radical (unpaired) electrons. The molecule has 2 aliphatic rings. The van der Waals surface area contributed by atoms with Crippen molar-refractivity contribution in [1.82, 2.24) is 31.8 Å². The molecule has 2 aliphatic carbocycles. The first-order chi connectivity index (χ1) is 13.4. The maximum absolute atomic E-state index is 11.4. The zero-order valence-corrected chi connectivity index (χ0v) is 18.9. The van der Waals surface area contributed by atoms with Crippen molar-refractivity contribution in [1.29, 1.82) is 0 Å². The number of nitrogens with one attached hydrogen (secondary N) is 1. The summed E-state index contributed by atoms with van der Waals surface area (Å²) in [6.07, 6.45) is 1.12. The summed E-state index contributed by atoms with van der Waals surface area (Å²) in [5.41, 5.74) is -0.0477. The number of phosphoric ester groups is 2. The van der Waals surface area contributed by atoms with Crippen LogP contribution in [-0.4, -0.2) is 58.9 Å². The maximum Gasteiger partial charge on any atom is 0.469 e. The predicted molar refractivity (Wildman–Crippen MR) is 109 cm³/mol. The van der Waals surface area contributed by atoms with Crippen LogP contribution in [0.25, 0.3) is 11.2 Å². The second-order valence-electron chi connectivity index (χ2n) is 7.11. The smallest absolute Gasteiger partial charge is 0.371 e. The molecule has 2 aromatic rings. The fraction of sp³-hybridized carbons (Fsp3) is 0.615. The third kappa shape index (κ3) is 4.92. The fourth-order valence-electron chi connectivity index (χ4n) is 4.25. The van der Waals surface area contributed by atoms with Crippen molar-refractivity contribution >= 4 is 44.2 Å². The Morgan fingerprint density at radius 1 is 1.26 bits per heavy atom. The molecule has 0 unspecified atom stereocenters. The predicted octanol–water partition coefficient (Wildman–Crippen LogP) is 1.38. The average Bonchev–Trinajstić information content (AvgIpc) is 3.07. The molecule has 176 valence electrons. The number of hydrogen-bond donors (Lipinski definition) is 7. The molecule has 11 N–H and O–H groups in total. The zero-order chi connectivity index (χ0) is 21.2. The molecule has 2 aromatic heterocycles. The van der Waals surface area contributed by atoms with Crippen LogP contribution in [0.4, 0.5) is 5.82 Å². The van der Waals surface area contributed by atoms with Crippen LogP contribution in [0.5, 0.6) is 0 Å². The van der Waals surface area contributed by atoms with E-state index in [1.165, 1.54) is 6.33 Å². The summed E-state index contributed by atoms with van der Waals surface area (Å²) < 4.78 is 33.9. The first kappa shape index (κ1) is 26.0. The summed E-state index contributed by atoms with van der Waals surface area (Å²) in [6, 6.07) is -0.340. The van der Waals surface area contributed by atoms with Crippen LogP contribution in [0.15, 0.2) is 6.33 Å². The van der Waals surface area contributed by atoms with Crippen molar-refractivity contribution in [3.05, 3.63) is 11.6 Å². The van der Waals surface area contributed by atoms with Gasteiger partial charge in [-0.3, -0.25) is 9.05 Å². The lowest BCUT2D eigenvalue weighted by Crippen LogP contribution is -2.26. The second-order valence-corrected chi connectivity index (χ2v) is 9.88. The van der Waals surface area contributed by atoms with Gasteiger partial charge in [0.2, 0.25) is 5.28 Å². The molecule has 2 fully saturated rings. The van der Waals surface area contributed by atoms with Gasteiger partial charge in [0.1, 0.15) is 0 Å². The van der Waals surface area contributed by atoms with Crippen LogP contribution in [0.3, 0.4) is 0 Å². The van der Waals surface area contributed by atoms with Gasteiger partial charge in [-0.2, -0.15) is 9.97 Å². The van der Waals surface area contributed by atoms with E-state index < -0.39 is 33.8 Å². The number of fused-ring (bicyclic) bond motifs is 2. The van der Waals surface area contributed by atoms with Gasteiger partial charge in [-0.1, -0.05) is 0 Å². The van der Waals surface area contributed by atoms with Crippen LogP contribution in [0.2, 0.25) is 5.28 Å². The fourth-order valence-corrected chi connectivity index (χ4v) is 5.45. The topological polar surface area (TPSA) is 259 Å². The number of hydrogen-bond acceptors (Lipinski definition) is 10. The molecular formula is C13H24ClN7O8P2. The molecule has 0 bridgehead atoms. The number of phosphoric acid groups is 2. The highest BCUT2D eigenvalue weighted by Crippen LogP contribution is 2.71. The molecule has 4 rings (SSSR count). The molecule has 2 saturated carbocycles. The molecule has 0 aliphatic heterocycles. The molecule has 15 nitrogen and oxygen atoms in total. The van der Waals surface area contributed by atoms with Crippen LogP contribution in [0, 0.1) is 11.3 Å². The van der Waals surface area contributed by atoms with Crippen LogP contribution in [-0.2, 0) is 18.2 Å². The number of imidazole rings is 1. The Morgan fingerprint density at radius 3 is 2.52 bits per heavy atom. The van der Waals surface area contributed by atoms with Gasteiger partial charge in [0.05, 0.1) is 19.0 Å². The van der Waals surface area contributed by atoms with Crippen molar-refractivity contribution in [2.24, 2.45) is 11.3 Å². The van der Waals surface area contributed by atoms with E-state index in [2.05, 4.69) is 24.8 Å². The Balaban J connectivity index is 0.00000171. The molecule has 0 amide bonds. The van der Waals surface area contributed by atoms with E-state index in [9.17, 15) is 18.9 Å². The monoisotopic (exact) mass is 503 g/mol.